The molecule has 54 heavy (non-hydrogen) atoms. The van der Waals surface area contributed by atoms with Crippen LogP contribution in [0.4, 0.5) is 0 Å². The number of amides is 4. The van der Waals surface area contributed by atoms with Gasteiger partial charge in [0.25, 0.3) is 0 Å². The Bertz CT molecular complexity index is 1190. The summed E-state index contributed by atoms with van der Waals surface area (Å²) < 4.78 is 0. The summed E-state index contributed by atoms with van der Waals surface area (Å²) in [7, 11) is 0. The molecule has 6 nitrogen and oxygen atoms in total. The molecule has 6 heteroatoms. The van der Waals surface area contributed by atoms with Crippen molar-refractivity contribution in [1.82, 2.24) is 9.80 Å². The number of nitrogens with zero attached hydrogens (tertiary/aromatic N) is 2. The summed E-state index contributed by atoms with van der Waals surface area (Å²) in [5, 5.41) is 0. The molecular formula is C48H74N2O4. The number of hydrogen-bond donors (Lipinski definition) is 0. The molecule has 3 aliphatic carbocycles. The smallest absolute Gasteiger partial charge is 0.234 e. The number of rotatable bonds is 30. The Morgan fingerprint density at radius 2 is 0.722 bits per heavy atom. The lowest BCUT2D eigenvalue weighted by molar-refractivity contribution is -0.161. The number of allylic oxidation sites excluding steroid dienone is 2. The van der Waals surface area contributed by atoms with Crippen LogP contribution in [0.15, 0.2) is 12.2 Å². The molecule has 2 heterocycles. The maximum absolute atomic E-state index is 14.8. The highest BCUT2D eigenvalue weighted by molar-refractivity contribution is 6.12. The number of imide groups is 2. The SMILES string of the molecule is C#CCCCCCCCCC12C=CC(CCCCCCCCC#C)(C3C(=O)N(CCCCCCCC)C(=O)C31)C1C(=O)N(CCCCCCCC)C(=O)C12. The molecule has 0 radical (unpaired) electrons. The van der Waals surface area contributed by atoms with E-state index < -0.39 is 34.5 Å². The predicted octanol–water partition coefficient (Wildman–Crippen LogP) is 11.0. The minimum absolute atomic E-state index is 0.0804. The summed E-state index contributed by atoms with van der Waals surface area (Å²) in [4.78, 5) is 62.3. The lowest BCUT2D eigenvalue weighted by atomic mass is 9.39. The van der Waals surface area contributed by atoms with Crippen LogP contribution in [0, 0.1) is 59.2 Å². The second kappa shape index (κ2) is 22.6. The van der Waals surface area contributed by atoms with Gasteiger partial charge in [0.05, 0.1) is 23.7 Å². The highest BCUT2D eigenvalue weighted by Crippen LogP contribution is 2.71. The van der Waals surface area contributed by atoms with Crippen LogP contribution in [0.5, 0.6) is 0 Å². The molecule has 4 atom stereocenters. The first-order chi connectivity index (χ1) is 26.4. The van der Waals surface area contributed by atoms with Gasteiger partial charge >= 0.3 is 0 Å². The Labute approximate surface area is 329 Å². The molecule has 300 valence electrons. The van der Waals surface area contributed by atoms with Crippen LogP contribution in [0.2, 0.25) is 0 Å². The summed E-state index contributed by atoms with van der Waals surface area (Å²) in [5.74, 6) is 2.87. The maximum atomic E-state index is 14.8. The van der Waals surface area contributed by atoms with E-state index in [1.807, 2.05) is 0 Å². The number of terminal acetylenes is 2. The van der Waals surface area contributed by atoms with Crippen molar-refractivity contribution in [3.8, 4) is 24.7 Å². The molecule has 4 unspecified atom stereocenters. The fourth-order valence-electron chi connectivity index (χ4n) is 10.8. The molecule has 2 aliphatic heterocycles. The number of unbranched alkanes of at least 4 members (excludes halogenated alkanes) is 22. The van der Waals surface area contributed by atoms with Crippen LogP contribution in [0.3, 0.4) is 0 Å². The minimum atomic E-state index is -0.803. The second-order valence-electron chi connectivity index (χ2n) is 17.3. The van der Waals surface area contributed by atoms with Gasteiger partial charge in [-0.25, -0.2) is 0 Å². The Hall–Kier alpha value is -2.86. The van der Waals surface area contributed by atoms with Crippen LogP contribution >= 0.6 is 0 Å². The minimum Gasteiger partial charge on any atom is -0.282 e. The Kier molecular flexibility index (Phi) is 18.4. The van der Waals surface area contributed by atoms with E-state index in [2.05, 4.69) is 37.8 Å². The Balaban J connectivity index is 1.62. The van der Waals surface area contributed by atoms with E-state index in [-0.39, 0.29) is 23.6 Å². The number of carbonyl (C=O) groups is 4. The van der Waals surface area contributed by atoms with Crippen molar-refractivity contribution in [1.29, 1.82) is 0 Å². The standard InChI is InChI=1S/C48H74N2O4/c1-5-9-13-17-21-23-25-29-33-47-35-36-48(34-30-26-24-22-18-14-10-6-2,41-39(47)43(51)49(45(41)53)37-31-27-19-15-11-7-3)42-40(47)44(52)50(46(42)54)38-32-28-20-16-12-8-4/h1-2,35-36,39-42H,7-34,37-38H2,3-4H3. The average molecular weight is 743 g/mol. The molecule has 0 N–H and O–H groups in total. The third kappa shape index (κ3) is 10.1. The number of likely N-dealkylation sites (tertiary alicyclic amines) is 2. The predicted molar refractivity (Wildman–Crippen MR) is 220 cm³/mol. The van der Waals surface area contributed by atoms with Gasteiger partial charge in [-0.3, -0.25) is 29.0 Å². The van der Waals surface area contributed by atoms with Crippen molar-refractivity contribution in [3.05, 3.63) is 12.2 Å². The first-order valence-corrected chi connectivity index (χ1v) is 22.6. The first-order valence-electron chi connectivity index (χ1n) is 22.6. The topological polar surface area (TPSA) is 74.8 Å². The van der Waals surface area contributed by atoms with Gasteiger partial charge in [-0.15, -0.1) is 24.7 Å². The van der Waals surface area contributed by atoms with Crippen molar-refractivity contribution in [3.63, 3.8) is 0 Å². The number of carbonyl (C=O) groups excluding carboxylic acids is 4. The van der Waals surface area contributed by atoms with Crippen molar-refractivity contribution in [2.75, 3.05) is 13.1 Å². The van der Waals surface area contributed by atoms with Gasteiger partial charge < -0.3 is 0 Å². The lowest BCUT2D eigenvalue weighted by Crippen LogP contribution is -2.63. The average Bonchev–Trinajstić information content (AvgIpc) is 3.60. The van der Waals surface area contributed by atoms with Gasteiger partial charge in [0.1, 0.15) is 0 Å². The zero-order valence-electron chi connectivity index (χ0n) is 34.4. The molecule has 0 aromatic rings. The molecule has 0 spiro atoms. The molecule has 2 saturated heterocycles. The molecule has 1 saturated carbocycles. The molecule has 0 aromatic heterocycles. The third-order valence-electron chi connectivity index (χ3n) is 13.6. The van der Waals surface area contributed by atoms with E-state index in [9.17, 15) is 19.2 Å². The molecule has 2 bridgehead atoms. The zero-order valence-corrected chi connectivity index (χ0v) is 34.4. The van der Waals surface area contributed by atoms with E-state index >= 15 is 0 Å². The third-order valence-corrected chi connectivity index (χ3v) is 13.6. The summed E-state index contributed by atoms with van der Waals surface area (Å²) in [5.41, 5.74) is -1.61. The van der Waals surface area contributed by atoms with E-state index in [0.717, 1.165) is 128 Å². The molecule has 5 rings (SSSR count). The van der Waals surface area contributed by atoms with Crippen molar-refractivity contribution >= 4 is 23.6 Å². The van der Waals surface area contributed by atoms with Crippen molar-refractivity contribution < 1.29 is 19.2 Å². The highest BCUT2D eigenvalue weighted by atomic mass is 16.2. The van der Waals surface area contributed by atoms with Gasteiger partial charge in [0.2, 0.25) is 23.6 Å². The van der Waals surface area contributed by atoms with E-state index in [1.165, 1.54) is 38.5 Å². The summed E-state index contributed by atoms with van der Waals surface area (Å²) in [6.45, 7) is 5.30. The molecule has 0 aromatic carbocycles. The van der Waals surface area contributed by atoms with E-state index in [0.29, 0.717) is 25.9 Å². The molecule has 5 aliphatic rings. The molecule has 4 amide bonds. The van der Waals surface area contributed by atoms with Crippen molar-refractivity contribution in [2.45, 2.75) is 194 Å². The molecular weight excluding hydrogens is 669 g/mol. The Morgan fingerprint density at radius 1 is 0.444 bits per heavy atom. The van der Waals surface area contributed by atoms with Gasteiger partial charge in [-0.1, -0.05) is 154 Å². The van der Waals surface area contributed by atoms with Crippen LogP contribution in [0.1, 0.15) is 194 Å². The van der Waals surface area contributed by atoms with Crippen LogP contribution in [-0.4, -0.2) is 46.5 Å². The Morgan fingerprint density at radius 3 is 1.04 bits per heavy atom. The highest BCUT2D eigenvalue weighted by Gasteiger charge is 2.78. The van der Waals surface area contributed by atoms with Gasteiger partial charge in [0, 0.05) is 36.8 Å². The molecule has 3 fully saturated rings. The second-order valence-corrected chi connectivity index (χ2v) is 17.3. The fourth-order valence-corrected chi connectivity index (χ4v) is 10.8. The van der Waals surface area contributed by atoms with Gasteiger partial charge in [0.15, 0.2) is 0 Å². The summed E-state index contributed by atoms with van der Waals surface area (Å²) in [6, 6.07) is 0. The lowest BCUT2D eigenvalue weighted by Gasteiger charge is -2.59. The van der Waals surface area contributed by atoms with E-state index in [4.69, 9.17) is 12.8 Å². The quantitative estimate of drug-likeness (QED) is 0.0318. The number of hydrogen-bond acceptors (Lipinski definition) is 4. The normalized spacial score (nSPS) is 26.8. The van der Waals surface area contributed by atoms with Crippen LogP contribution in [-0.2, 0) is 19.2 Å². The van der Waals surface area contributed by atoms with Crippen LogP contribution < -0.4 is 0 Å². The summed E-state index contributed by atoms with van der Waals surface area (Å²) >= 11 is 0. The monoisotopic (exact) mass is 743 g/mol. The zero-order chi connectivity index (χ0) is 38.8. The van der Waals surface area contributed by atoms with Crippen molar-refractivity contribution in [2.24, 2.45) is 34.5 Å². The maximum Gasteiger partial charge on any atom is 0.234 e. The fraction of sp³-hybridized carbons (Fsp3) is 0.792. The van der Waals surface area contributed by atoms with E-state index in [1.54, 1.807) is 9.80 Å². The van der Waals surface area contributed by atoms with Gasteiger partial charge in [-0.05, 0) is 38.5 Å². The first kappa shape index (κ1) is 43.9. The van der Waals surface area contributed by atoms with Gasteiger partial charge in [-0.2, -0.15) is 0 Å². The van der Waals surface area contributed by atoms with Crippen LogP contribution in [0.25, 0.3) is 0 Å². The largest absolute Gasteiger partial charge is 0.282 e. The summed E-state index contributed by atoms with van der Waals surface area (Å²) in [6.07, 6.45) is 43.7.